The van der Waals surface area contributed by atoms with Crippen LogP contribution in [0.15, 0.2) is 82.2 Å². The second-order valence-corrected chi connectivity index (χ2v) is 13.6. The molecule has 3 aromatic carbocycles. The lowest BCUT2D eigenvalue weighted by atomic mass is 10.1. The summed E-state index contributed by atoms with van der Waals surface area (Å²) in [5, 5.41) is 2.97. The Morgan fingerprint density at radius 2 is 1.54 bits per heavy atom. The highest BCUT2D eigenvalue weighted by Crippen LogP contribution is 2.27. The zero-order chi connectivity index (χ0) is 30.4. The minimum Gasteiger partial charge on any atom is -0.497 e. The molecule has 0 aliphatic heterocycles. The number of ether oxygens (including phenoxy) is 1. The van der Waals surface area contributed by atoms with Crippen molar-refractivity contribution < 1.29 is 22.7 Å². The number of sulfonamides is 1. The summed E-state index contributed by atoms with van der Waals surface area (Å²) in [4.78, 5) is 29.1. The molecule has 0 aliphatic rings. The molecule has 220 valence electrons. The summed E-state index contributed by atoms with van der Waals surface area (Å²) in [6, 6.07) is 19.6. The number of benzene rings is 3. The molecule has 0 bridgehead atoms. The molecule has 1 N–H and O–H groups in total. The van der Waals surface area contributed by atoms with Gasteiger partial charge in [-0.15, -0.1) is 0 Å². The van der Waals surface area contributed by atoms with Crippen molar-refractivity contribution in [1.29, 1.82) is 0 Å². The van der Waals surface area contributed by atoms with Gasteiger partial charge in [0.1, 0.15) is 18.3 Å². The number of rotatable bonds is 11. The first-order valence-electron chi connectivity index (χ1n) is 13.3. The third-order valence-corrected chi connectivity index (χ3v) is 8.72. The minimum absolute atomic E-state index is 0.0676. The van der Waals surface area contributed by atoms with Gasteiger partial charge in [-0.1, -0.05) is 52.7 Å². The van der Waals surface area contributed by atoms with Gasteiger partial charge in [0.25, 0.3) is 10.0 Å². The van der Waals surface area contributed by atoms with Crippen molar-refractivity contribution in [3.8, 4) is 5.75 Å². The number of hydrogen-bond acceptors (Lipinski definition) is 5. The van der Waals surface area contributed by atoms with Gasteiger partial charge >= 0.3 is 0 Å². The first-order valence-corrected chi connectivity index (χ1v) is 15.6. The molecule has 0 aliphatic carbocycles. The zero-order valence-corrected chi connectivity index (χ0v) is 26.8. The Morgan fingerprint density at radius 3 is 2.05 bits per heavy atom. The number of anilines is 1. The van der Waals surface area contributed by atoms with E-state index in [4.69, 9.17) is 4.74 Å². The van der Waals surface area contributed by atoms with Crippen LogP contribution < -0.4 is 14.4 Å². The number of nitrogens with zero attached hydrogens (tertiary/aromatic N) is 2. The molecular formula is C31H38BrN3O5S. The minimum atomic E-state index is -4.12. The normalized spacial score (nSPS) is 12.4. The SMILES string of the molecule is CCC(C(=O)NC(C)(C)C)N(Cc1ccc(OC)cc1)C(=O)CN(c1ccc(Br)cc1)S(=O)(=O)c1ccc(C)cc1. The molecule has 0 saturated heterocycles. The van der Waals surface area contributed by atoms with Crippen LogP contribution in [0.25, 0.3) is 0 Å². The van der Waals surface area contributed by atoms with Crippen LogP contribution in [0, 0.1) is 6.92 Å². The van der Waals surface area contributed by atoms with E-state index in [0.29, 0.717) is 17.9 Å². The highest BCUT2D eigenvalue weighted by Gasteiger charge is 2.34. The standard InChI is InChI=1S/C31H38BrN3O5S/c1-7-28(30(37)33-31(3,4)5)34(20-23-10-16-26(40-6)17-11-23)29(36)21-35(25-14-12-24(32)13-15-25)41(38,39)27-18-8-22(2)9-19-27/h8-19,28H,7,20-21H2,1-6H3,(H,33,37). The number of nitrogens with one attached hydrogen (secondary N) is 1. The van der Waals surface area contributed by atoms with Crippen molar-refractivity contribution >= 4 is 43.5 Å². The van der Waals surface area contributed by atoms with Crippen LogP contribution in [-0.4, -0.2) is 50.4 Å². The van der Waals surface area contributed by atoms with Crippen LogP contribution in [0.1, 0.15) is 45.2 Å². The molecule has 41 heavy (non-hydrogen) atoms. The first kappa shape index (κ1) is 32.1. The largest absolute Gasteiger partial charge is 0.497 e. The fourth-order valence-electron chi connectivity index (χ4n) is 4.27. The molecule has 0 heterocycles. The maximum absolute atomic E-state index is 14.1. The Labute approximate surface area is 251 Å². The molecule has 2 amide bonds. The van der Waals surface area contributed by atoms with Gasteiger partial charge < -0.3 is 15.0 Å². The Balaban J connectivity index is 2.06. The average molecular weight is 645 g/mol. The monoisotopic (exact) mass is 643 g/mol. The number of amides is 2. The second kappa shape index (κ2) is 13.5. The smallest absolute Gasteiger partial charge is 0.264 e. The first-order chi connectivity index (χ1) is 19.2. The van der Waals surface area contributed by atoms with E-state index in [1.54, 1.807) is 55.6 Å². The van der Waals surface area contributed by atoms with Gasteiger partial charge in [0, 0.05) is 16.6 Å². The maximum atomic E-state index is 14.1. The van der Waals surface area contributed by atoms with E-state index in [2.05, 4.69) is 21.2 Å². The van der Waals surface area contributed by atoms with E-state index in [1.165, 1.54) is 17.0 Å². The van der Waals surface area contributed by atoms with Gasteiger partial charge in [0.2, 0.25) is 11.8 Å². The second-order valence-electron chi connectivity index (χ2n) is 10.8. The maximum Gasteiger partial charge on any atom is 0.264 e. The van der Waals surface area contributed by atoms with Crippen molar-refractivity contribution in [3.63, 3.8) is 0 Å². The summed E-state index contributed by atoms with van der Waals surface area (Å²) in [6.07, 6.45) is 0.340. The van der Waals surface area contributed by atoms with Crippen molar-refractivity contribution in [2.24, 2.45) is 0 Å². The molecule has 0 aromatic heterocycles. The molecule has 10 heteroatoms. The van der Waals surface area contributed by atoms with E-state index in [-0.39, 0.29) is 17.3 Å². The molecule has 8 nitrogen and oxygen atoms in total. The highest BCUT2D eigenvalue weighted by molar-refractivity contribution is 9.10. The highest BCUT2D eigenvalue weighted by atomic mass is 79.9. The predicted molar refractivity (Wildman–Crippen MR) is 165 cm³/mol. The quantitative estimate of drug-likeness (QED) is 0.290. The summed E-state index contributed by atoms with van der Waals surface area (Å²) in [7, 11) is -2.55. The number of hydrogen-bond donors (Lipinski definition) is 1. The third-order valence-electron chi connectivity index (χ3n) is 6.40. The van der Waals surface area contributed by atoms with Crippen LogP contribution >= 0.6 is 15.9 Å². The number of carbonyl (C=O) groups is 2. The lowest BCUT2D eigenvalue weighted by Crippen LogP contribution is -2.55. The Kier molecular flexibility index (Phi) is 10.6. The lowest BCUT2D eigenvalue weighted by molar-refractivity contribution is -0.141. The number of carbonyl (C=O) groups excluding carboxylic acids is 2. The number of aryl methyl sites for hydroxylation is 1. The Hall–Kier alpha value is -3.37. The summed E-state index contributed by atoms with van der Waals surface area (Å²) in [6.45, 7) is 8.93. The van der Waals surface area contributed by atoms with Crippen LogP contribution in [-0.2, 0) is 26.2 Å². The molecule has 1 unspecified atom stereocenters. The van der Waals surface area contributed by atoms with Gasteiger partial charge in [0.05, 0.1) is 17.7 Å². The van der Waals surface area contributed by atoms with Crippen LogP contribution in [0.5, 0.6) is 5.75 Å². The lowest BCUT2D eigenvalue weighted by Gasteiger charge is -2.34. The molecule has 0 spiro atoms. The van der Waals surface area contributed by atoms with Crippen molar-refractivity contribution in [2.45, 2.75) is 64.1 Å². The van der Waals surface area contributed by atoms with Gasteiger partial charge in [-0.25, -0.2) is 8.42 Å². The third kappa shape index (κ3) is 8.56. The van der Waals surface area contributed by atoms with Gasteiger partial charge in [-0.05, 0) is 88.2 Å². The van der Waals surface area contributed by atoms with E-state index >= 15 is 0 Å². The molecule has 3 aromatic rings. The van der Waals surface area contributed by atoms with Crippen molar-refractivity contribution in [2.75, 3.05) is 18.0 Å². The summed E-state index contributed by atoms with van der Waals surface area (Å²) < 4.78 is 35.0. The van der Waals surface area contributed by atoms with Crippen LogP contribution in [0.4, 0.5) is 5.69 Å². The fourth-order valence-corrected chi connectivity index (χ4v) is 5.95. The molecule has 0 saturated carbocycles. The molecule has 0 fully saturated rings. The Morgan fingerprint density at radius 1 is 0.951 bits per heavy atom. The van der Waals surface area contributed by atoms with Crippen LogP contribution in [0.2, 0.25) is 0 Å². The number of methoxy groups -OCH3 is 1. The van der Waals surface area contributed by atoms with Crippen molar-refractivity contribution in [1.82, 2.24) is 10.2 Å². The van der Waals surface area contributed by atoms with E-state index in [1.807, 2.05) is 46.8 Å². The van der Waals surface area contributed by atoms with E-state index in [0.717, 1.165) is 19.9 Å². The van der Waals surface area contributed by atoms with Crippen LogP contribution in [0.3, 0.4) is 0 Å². The summed E-state index contributed by atoms with van der Waals surface area (Å²) >= 11 is 3.39. The van der Waals surface area contributed by atoms with Crippen molar-refractivity contribution in [3.05, 3.63) is 88.4 Å². The topological polar surface area (TPSA) is 96.0 Å². The Bertz CT molecular complexity index is 1440. The average Bonchev–Trinajstić information content (AvgIpc) is 2.91. The summed E-state index contributed by atoms with van der Waals surface area (Å²) in [5.74, 6) is -0.150. The molecular weight excluding hydrogens is 606 g/mol. The molecule has 3 rings (SSSR count). The summed E-state index contributed by atoms with van der Waals surface area (Å²) in [5.41, 5.74) is 1.50. The van der Waals surface area contributed by atoms with E-state index < -0.39 is 34.1 Å². The zero-order valence-electron chi connectivity index (χ0n) is 24.3. The van der Waals surface area contributed by atoms with Gasteiger partial charge in [0.15, 0.2) is 0 Å². The van der Waals surface area contributed by atoms with E-state index in [9.17, 15) is 18.0 Å². The predicted octanol–water partition coefficient (Wildman–Crippen LogP) is 5.68. The molecule has 0 radical (unpaired) electrons. The molecule has 1 atom stereocenters. The van der Waals surface area contributed by atoms with Gasteiger partial charge in [-0.2, -0.15) is 0 Å². The van der Waals surface area contributed by atoms with Gasteiger partial charge in [-0.3, -0.25) is 13.9 Å². The fraction of sp³-hybridized carbons (Fsp3) is 0.355. The number of halogens is 1.